The van der Waals surface area contributed by atoms with Crippen LogP contribution in [-0.2, 0) is 0 Å². The molecule has 0 radical (unpaired) electrons. The Balaban J connectivity index is 1.79. The van der Waals surface area contributed by atoms with E-state index in [9.17, 15) is 0 Å². The second-order valence-corrected chi connectivity index (χ2v) is 8.76. The van der Waals surface area contributed by atoms with Gasteiger partial charge in [0.2, 0.25) is 0 Å². The van der Waals surface area contributed by atoms with Crippen molar-refractivity contribution in [2.45, 2.75) is 25.7 Å². The highest BCUT2D eigenvalue weighted by molar-refractivity contribution is 7.99. The summed E-state index contributed by atoms with van der Waals surface area (Å²) in [5.41, 5.74) is 4.57. The zero-order valence-electron chi connectivity index (χ0n) is 13.5. The van der Waals surface area contributed by atoms with Crippen molar-refractivity contribution in [3.05, 3.63) is 52.7 Å². The van der Waals surface area contributed by atoms with Crippen LogP contribution in [-0.4, -0.2) is 18.8 Å². The molecule has 0 amide bonds. The number of fused-ring (bicyclic) bond motifs is 1. The van der Waals surface area contributed by atoms with Crippen LogP contribution in [0, 0.1) is 5.41 Å². The molecule has 0 aliphatic carbocycles. The van der Waals surface area contributed by atoms with Crippen LogP contribution in [0.3, 0.4) is 0 Å². The number of para-hydroxylation sites is 1. The van der Waals surface area contributed by atoms with E-state index in [2.05, 4.69) is 72.8 Å². The van der Waals surface area contributed by atoms with E-state index >= 15 is 0 Å². The minimum Gasteiger partial charge on any atom is -0.367 e. The summed E-state index contributed by atoms with van der Waals surface area (Å²) in [5.74, 6) is 1.05. The van der Waals surface area contributed by atoms with Crippen molar-refractivity contribution >= 4 is 34.4 Å². The van der Waals surface area contributed by atoms with E-state index in [-0.39, 0.29) is 0 Å². The van der Waals surface area contributed by atoms with Gasteiger partial charge in [-0.05, 0) is 28.5 Å². The maximum absolute atomic E-state index is 2.51. The van der Waals surface area contributed by atoms with Crippen molar-refractivity contribution in [2.24, 2.45) is 5.41 Å². The molecule has 3 rings (SSSR count). The first kappa shape index (κ1) is 15.7. The summed E-state index contributed by atoms with van der Waals surface area (Å²) in [6.45, 7) is 9.03. The molecule has 2 aromatic rings. The standard InChI is InChI=1S/C19H23NS2/c1-19(2,3)14-20-10-8-15(12-22-16-9-11-21-13-16)17-6-4-5-7-18(17)20/h4-9,11,13H,10,12,14H2,1-3H3. The maximum atomic E-state index is 2.51. The predicted molar refractivity (Wildman–Crippen MR) is 101 cm³/mol. The van der Waals surface area contributed by atoms with E-state index in [0.717, 1.165) is 18.8 Å². The van der Waals surface area contributed by atoms with Crippen LogP contribution in [0.25, 0.3) is 5.57 Å². The molecule has 1 aromatic heterocycles. The van der Waals surface area contributed by atoms with E-state index in [1.54, 1.807) is 11.3 Å². The van der Waals surface area contributed by atoms with Crippen molar-refractivity contribution in [1.29, 1.82) is 0 Å². The fourth-order valence-electron chi connectivity index (χ4n) is 2.80. The molecule has 1 aliphatic rings. The summed E-state index contributed by atoms with van der Waals surface area (Å²) in [4.78, 5) is 3.88. The normalized spacial score (nSPS) is 14.7. The van der Waals surface area contributed by atoms with Gasteiger partial charge in [0, 0.05) is 40.4 Å². The van der Waals surface area contributed by atoms with Crippen molar-refractivity contribution in [3.63, 3.8) is 0 Å². The number of rotatable bonds is 4. The van der Waals surface area contributed by atoms with E-state index in [1.165, 1.54) is 21.7 Å². The molecule has 0 saturated heterocycles. The first-order valence-electron chi connectivity index (χ1n) is 7.71. The fourth-order valence-corrected chi connectivity index (χ4v) is 4.60. The van der Waals surface area contributed by atoms with Crippen molar-refractivity contribution in [3.8, 4) is 0 Å². The lowest BCUT2D eigenvalue weighted by Gasteiger charge is -2.35. The van der Waals surface area contributed by atoms with E-state index in [0.29, 0.717) is 5.41 Å². The molecule has 0 saturated carbocycles. The molecule has 0 spiro atoms. The van der Waals surface area contributed by atoms with Gasteiger partial charge in [0.05, 0.1) is 0 Å². The van der Waals surface area contributed by atoms with Crippen LogP contribution in [0.4, 0.5) is 5.69 Å². The lowest BCUT2D eigenvalue weighted by atomic mass is 9.93. The molecular formula is C19H23NS2. The Morgan fingerprint density at radius 3 is 2.73 bits per heavy atom. The Kier molecular flexibility index (Phi) is 4.65. The molecule has 1 nitrogen and oxygen atoms in total. The Bertz CT molecular complexity index is 650. The lowest BCUT2D eigenvalue weighted by Crippen LogP contribution is -2.35. The van der Waals surface area contributed by atoms with Crippen molar-refractivity contribution in [2.75, 3.05) is 23.7 Å². The number of benzene rings is 1. The molecule has 0 N–H and O–H groups in total. The minimum absolute atomic E-state index is 0.309. The summed E-state index contributed by atoms with van der Waals surface area (Å²) in [6, 6.07) is 11.1. The highest BCUT2D eigenvalue weighted by Crippen LogP contribution is 2.36. The molecule has 22 heavy (non-hydrogen) atoms. The minimum atomic E-state index is 0.309. The number of anilines is 1. The molecular weight excluding hydrogens is 306 g/mol. The van der Waals surface area contributed by atoms with Gasteiger partial charge >= 0.3 is 0 Å². The van der Waals surface area contributed by atoms with Crippen molar-refractivity contribution in [1.82, 2.24) is 0 Å². The predicted octanol–water partition coefficient (Wildman–Crippen LogP) is 5.79. The van der Waals surface area contributed by atoms with E-state index in [1.807, 2.05) is 11.8 Å². The second kappa shape index (κ2) is 6.51. The zero-order valence-corrected chi connectivity index (χ0v) is 15.1. The van der Waals surface area contributed by atoms with Gasteiger partial charge in [0.1, 0.15) is 0 Å². The Morgan fingerprint density at radius 2 is 2.00 bits per heavy atom. The smallest absolute Gasteiger partial charge is 0.0445 e. The molecule has 2 heterocycles. The number of thioether (sulfide) groups is 1. The number of hydrogen-bond acceptors (Lipinski definition) is 3. The van der Waals surface area contributed by atoms with Gasteiger partial charge < -0.3 is 4.90 Å². The third kappa shape index (κ3) is 3.76. The van der Waals surface area contributed by atoms with Gasteiger partial charge in [-0.1, -0.05) is 45.0 Å². The first-order chi connectivity index (χ1) is 10.5. The third-order valence-electron chi connectivity index (χ3n) is 3.70. The van der Waals surface area contributed by atoms with E-state index < -0.39 is 0 Å². The molecule has 3 heteroatoms. The fraction of sp³-hybridized carbons (Fsp3) is 0.368. The molecule has 1 aromatic carbocycles. The zero-order chi connectivity index (χ0) is 15.6. The lowest BCUT2D eigenvalue weighted by molar-refractivity contribution is 0.414. The largest absolute Gasteiger partial charge is 0.367 e. The second-order valence-electron chi connectivity index (χ2n) is 6.94. The van der Waals surface area contributed by atoms with Crippen LogP contribution >= 0.6 is 23.1 Å². The number of thiophene rings is 1. The van der Waals surface area contributed by atoms with Gasteiger partial charge in [-0.3, -0.25) is 0 Å². The summed E-state index contributed by atoms with van der Waals surface area (Å²) < 4.78 is 0. The van der Waals surface area contributed by atoms with Crippen LogP contribution in [0.1, 0.15) is 26.3 Å². The topological polar surface area (TPSA) is 3.24 Å². The highest BCUT2D eigenvalue weighted by atomic mass is 32.2. The van der Waals surface area contributed by atoms with Crippen molar-refractivity contribution < 1.29 is 0 Å². The Hall–Kier alpha value is -1.19. The maximum Gasteiger partial charge on any atom is 0.0445 e. The Labute approximate surface area is 142 Å². The first-order valence-corrected chi connectivity index (χ1v) is 9.64. The average molecular weight is 330 g/mol. The van der Waals surface area contributed by atoms with Gasteiger partial charge in [0.15, 0.2) is 0 Å². The molecule has 0 atom stereocenters. The van der Waals surface area contributed by atoms with Crippen LogP contribution in [0.5, 0.6) is 0 Å². The van der Waals surface area contributed by atoms with Gasteiger partial charge in [-0.15, -0.1) is 11.8 Å². The van der Waals surface area contributed by atoms with Crippen LogP contribution in [0.2, 0.25) is 0 Å². The van der Waals surface area contributed by atoms with Gasteiger partial charge in [-0.25, -0.2) is 0 Å². The summed E-state index contributed by atoms with van der Waals surface area (Å²) in [5, 5.41) is 4.38. The molecule has 0 unspecified atom stereocenters. The molecule has 1 aliphatic heterocycles. The van der Waals surface area contributed by atoms with Gasteiger partial charge in [-0.2, -0.15) is 11.3 Å². The summed E-state index contributed by atoms with van der Waals surface area (Å²) in [6.07, 6.45) is 2.41. The number of hydrogen-bond donors (Lipinski definition) is 0. The quantitative estimate of drug-likeness (QED) is 0.653. The molecule has 0 bridgehead atoms. The summed E-state index contributed by atoms with van der Waals surface area (Å²) in [7, 11) is 0. The monoisotopic (exact) mass is 329 g/mol. The van der Waals surface area contributed by atoms with E-state index in [4.69, 9.17) is 0 Å². The number of nitrogens with zero attached hydrogens (tertiary/aromatic N) is 1. The van der Waals surface area contributed by atoms with Crippen LogP contribution in [0.15, 0.2) is 52.1 Å². The molecule has 0 fully saturated rings. The van der Waals surface area contributed by atoms with Crippen LogP contribution < -0.4 is 4.90 Å². The SMILES string of the molecule is CC(C)(C)CN1CC=C(CSc2ccsc2)c2ccccc21. The Morgan fingerprint density at radius 1 is 1.18 bits per heavy atom. The molecule has 116 valence electrons. The van der Waals surface area contributed by atoms with Gasteiger partial charge in [0.25, 0.3) is 0 Å². The highest BCUT2D eigenvalue weighted by Gasteiger charge is 2.22. The summed E-state index contributed by atoms with van der Waals surface area (Å²) >= 11 is 3.71. The third-order valence-corrected chi connectivity index (χ3v) is 5.58. The average Bonchev–Trinajstić information content (AvgIpc) is 2.98.